The molecule has 4 rings (SSSR count). The van der Waals surface area contributed by atoms with Crippen LogP contribution in [0.4, 0.5) is 0 Å². The lowest BCUT2D eigenvalue weighted by Gasteiger charge is -2.31. The van der Waals surface area contributed by atoms with E-state index in [1.807, 2.05) is 31.2 Å². The van der Waals surface area contributed by atoms with E-state index in [0.717, 1.165) is 22.9 Å². The Balaban J connectivity index is 1.99. The molecule has 1 unspecified atom stereocenters. The number of para-hydroxylation sites is 1. The third-order valence-electron chi connectivity index (χ3n) is 5.22. The van der Waals surface area contributed by atoms with Crippen molar-refractivity contribution in [1.82, 2.24) is 9.97 Å². The SMILES string of the molecule is CCc1cc2ccccc2nc1-c1cc2c(c(=O)[nH]1)COC(=O)C2(O)CC. The predicted molar refractivity (Wildman–Crippen MR) is 101 cm³/mol. The molecule has 1 aliphatic heterocycles. The highest BCUT2D eigenvalue weighted by Gasteiger charge is 2.44. The Kier molecular flexibility index (Phi) is 4.08. The van der Waals surface area contributed by atoms with Crippen LogP contribution in [0.5, 0.6) is 0 Å². The lowest BCUT2D eigenvalue weighted by atomic mass is 9.86. The van der Waals surface area contributed by atoms with Crippen molar-refractivity contribution in [3.8, 4) is 11.4 Å². The van der Waals surface area contributed by atoms with E-state index in [2.05, 4.69) is 11.1 Å². The zero-order chi connectivity index (χ0) is 19.2. The number of aromatic amines is 1. The molecule has 0 spiro atoms. The van der Waals surface area contributed by atoms with Crippen molar-refractivity contribution in [1.29, 1.82) is 0 Å². The number of hydrogen-bond acceptors (Lipinski definition) is 5. The van der Waals surface area contributed by atoms with Gasteiger partial charge in [0.05, 0.1) is 22.5 Å². The summed E-state index contributed by atoms with van der Waals surface area (Å²) in [5.74, 6) is -0.726. The molecule has 2 N–H and O–H groups in total. The van der Waals surface area contributed by atoms with Gasteiger partial charge in [-0.3, -0.25) is 4.79 Å². The van der Waals surface area contributed by atoms with Gasteiger partial charge in [-0.25, -0.2) is 9.78 Å². The number of hydrogen-bond donors (Lipinski definition) is 2. The highest BCUT2D eigenvalue weighted by Crippen LogP contribution is 2.35. The Morgan fingerprint density at radius 1 is 1.22 bits per heavy atom. The Bertz CT molecular complexity index is 1120. The fourth-order valence-electron chi connectivity index (χ4n) is 3.59. The van der Waals surface area contributed by atoms with Crippen LogP contribution in [0.25, 0.3) is 22.3 Å². The number of H-pyrrole nitrogens is 1. The summed E-state index contributed by atoms with van der Waals surface area (Å²) in [5.41, 5.74) is 1.31. The number of pyridine rings is 2. The first-order chi connectivity index (χ1) is 13.0. The molecule has 0 bridgehead atoms. The van der Waals surface area contributed by atoms with Gasteiger partial charge in [-0.1, -0.05) is 32.0 Å². The van der Waals surface area contributed by atoms with Crippen molar-refractivity contribution < 1.29 is 14.6 Å². The van der Waals surface area contributed by atoms with Crippen LogP contribution in [-0.2, 0) is 28.2 Å². The fourth-order valence-corrected chi connectivity index (χ4v) is 3.59. The van der Waals surface area contributed by atoms with Crippen molar-refractivity contribution in [3.63, 3.8) is 0 Å². The number of aryl methyl sites for hydroxylation is 1. The van der Waals surface area contributed by atoms with Gasteiger partial charge in [0.25, 0.3) is 5.56 Å². The zero-order valence-corrected chi connectivity index (χ0v) is 15.2. The number of aliphatic hydroxyl groups is 1. The summed E-state index contributed by atoms with van der Waals surface area (Å²) in [4.78, 5) is 32.4. The minimum absolute atomic E-state index is 0.119. The van der Waals surface area contributed by atoms with E-state index in [9.17, 15) is 14.7 Å². The van der Waals surface area contributed by atoms with Gasteiger partial charge in [-0.2, -0.15) is 0 Å². The molecular formula is C21H20N2O4. The molecule has 3 aromatic rings. The van der Waals surface area contributed by atoms with E-state index < -0.39 is 11.6 Å². The van der Waals surface area contributed by atoms with E-state index in [1.165, 1.54) is 0 Å². The highest BCUT2D eigenvalue weighted by atomic mass is 16.6. The molecule has 1 aliphatic rings. The second-order valence-corrected chi connectivity index (χ2v) is 6.74. The number of nitrogens with one attached hydrogen (secondary N) is 1. The predicted octanol–water partition coefficient (Wildman–Crippen LogP) is 2.81. The van der Waals surface area contributed by atoms with Gasteiger partial charge in [0.15, 0.2) is 5.60 Å². The quantitative estimate of drug-likeness (QED) is 0.697. The lowest BCUT2D eigenvalue weighted by molar-refractivity contribution is -0.172. The number of nitrogens with zero attached hydrogens (tertiary/aromatic N) is 1. The van der Waals surface area contributed by atoms with E-state index in [4.69, 9.17) is 9.72 Å². The molecule has 2 aromatic heterocycles. The number of benzene rings is 1. The number of carbonyl (C=O) groups excluding carboxylic acids is 1. The average molecular weight is 364 g/mol. The maximum Gasteiger partial charge on any atom is 0.343 e. The lowest BCUT2D eigenvalue weighted by Crippen LogP contribution is -2.43. The van der Waals surface area contributed by atoms with E-state index in [1.54, 1.807) is 13.0 Å². The standard InChI is InChI=1S/C21H20N2O4/c1-3-12-9-13-7-5-6-8-16(13)22-18(12)17-10-15-14(19(24)23-17)11-27-20(25)21(15,26)4-2/h5-10,26H,3-4,11H2,1-2H3,(H,23,24). The minimum atomic E-state index is -1.82. The maximum absolute atomic E-state index is 12.6. The molecule has 1 atom stereocenters. The van der Waals surface area contributed by atoms with Gasteiger partial charge >= 0.3 is 5.97 Å². The van der Waals surface area contributed by atoms with Crippen LogP contribution in [0, 0.1) is 0 Å². The number of esters is 1. The Hall–Kier alpha value is -2.99. The van der Waals surface area contributed by atoms with Crippen molar-refractivity contribution in [2.24, 2.45) is 0 Å². The molecule has 0 fully saturated rings. The van der Waals surface area contributed by atoms with Crippen molar-refractivity contribution in [2.45, 2.75) is 38.9 Å². The van der Waals surface area contributed by atoms with Gasteiger partial charge in [-0.05, 0) is 36.6 Å². The molecule has 138 valence electrons. The summed E-state index contributed by atoms with van der Waals surface area (Å²) >= 11 is 0. The summed E-state index contributed by atoms with van der Waals surface area (Å²) < 4.78 is 5.02. The van der Waals surface area contributed by atoms with Gasteiger partial charge in [0.1, 0.15) is 6.61 Å². The normalized spacial score (nSPS) is 19.0. The van der Waals surface area contributed by atoms with Crippen LogP contribution < -0.4 is 5.56 Å². The Labute approximate surface area is 155 Å². The van der Waals surface area contributed by atoms with Crippen LogP contribution in [-0.4, -0.2) is 21.0 Å². The zero-order valence-electron chi connectivity index (χ0n) is 15.2. The maximum atomic E-state index is 12.6. The molecular weight excluding hydrogens is 344 g/mol. The first-order valence-electron chi connectivity index (χ1n) is 9.03. The number of aromatic nitrogens is 2. The molecule has 6 nitrogen and oxygen atoms in total. The van der Waals surface area contributed by atoms with Crippen LogP contribution in [0.1, 0.15) is 37.0 Å². The third kappa shape index (κ3) is 2.64. The molecule has 0 saturated carbocycles. The van der Waals surface area contributed by atoms with Crippen LogP contribution in [0.3, 0.4) is 0 Å². The number of ether oxygens (including phenoxy) is 1. The highest BCUT2D eigenvalue weighted by molar-refractivity contribution is 5.85. The molecule has 0 amide bonds. The third-order valence-corrected chi connectivity index (χ3v) is 5.22. The molecule has 0 radical (unpaired) electrons. The summed E-state index contributed by atoms with van der Waals surface area (Å²) in [6.07, 6.45) is 0.847. The van der Waals surface area contributed by atoms with Gasteiger partial charge in [-0.15, -0.1) is 0 Å². The van der Waals surface area contributed by atoms with E-state index in [-0.39, 0.29) is 24.2 Å². The molecule has 3 heterocycles. The van der Waals surface area contributed by atoms with Gasteiger partial charge < -0.3 is 14.8 Å². The molecule has 0 aliphatic carbocycles. The fraction of sp³-hybridized carbons (Fsp3) is 0.286. The van der Waals surface area contributed by atoms with Crippen molar-refractivity contribution in [3.05, 3.63) is 63.4 Å². The largest absolute Gasteiger partial charge is 0.458 e. The minimum Gasteiger partial charge on any atom is -0.458 e. The Morgan fingerprint density at radius 2 is 2.00 bits per heavy atom. The van der Waals surface area contributed by atoms with Crippen LogP contribution in [0.15, 0.2) is 41.2 Å². The summed E-state index contributed by atoms with van der Waals surface area (Å²) in [6.45, 7) is 3.56. The first kappa shape index (κ1) is 17.4. The monoisotopic (exact) mass is 364 g/mol. The first-order valence-corrected chi connectivity index (χ1v) is 9.03. The van der Waals surface area contributed by atoms with E-state index in [0.29, 0.717) is 17.0 Å². The Morgan fingerprint density at radius 3 is 2.74 bits per heavy atom. The number of fused-ring (bicyclic) bond motifs is 2. The van der Waals surface area contributed by atoms with Crippen molar-refractivity contribution in [2.75, 3.05) is 0 Å². The number of cyclic esters (lactones) is 1. The van der Waals surface area contributed by atoms with Crippen molar-refractivity contribution >= 4 is 16.9 Å². The summed E-state index contributed by atoms with van der Waals surface area (Å²) in [5, 5.41) is 11.9. The average Bonchev–Trinajstić information content (AvgIpc) is 2.69. The van der Waals surface area contributed by atoms with Gasteiger partial charge in [0.2, 0.25) is 0 Å². The molecule has 0 saturated heterocycles. The summed E-state index contributed by atoms with van der Waals surface area (Å²) in [7, 11) is 0. The van der Waals surface area contributed by atoms with E-state index >= 15 is 0 Å². The van der Waals surface area contributed by atoms with Gasteiger partial charge in [0, 0.05) is 10.9 Å². The topological polar surface area (TPSA) is 92.3 Å². The van der Waals surface area contributed by atoms with Crippen LogP contribution in [0.2, 0.25) is 0 Å². The second kappa shape index (κ2) is 6.32. The smallest absolute Gasteiger partial charge is 0.343 e. The second-order valence-electron chi connectivity index (χ2n) is 6.74. The number of carbonyl (C=O) groups is 1. The van der Waals surface area contributed by atoms with Crippen LogP contribution >= 0.6 is 0 Å². The summed E-state index contributed by atoms with van der Waals surface area (Å²) in [6, 6.07) is 11.5. The molecule has 6 heteroatoms. The molecule has 1 aromatic carbocycles. The molecule has 27 heavy (non-hydrogen) atoms. The number of rotatable bonds is 3.